The molecule has 4 rings (SSSR count). The van der Waals surface area contributed by atoms with Gasteiger partial charge >= 0.3 is 0 Å². The third kappa shape index (κ3) is 2.81. The first kappa shape index (κ1) is 15.0. The van der Waals surface area contributed by atoms with Crippen LogP contribution >= 0.6 is 0 Å². The number of fused-ring (bicyclic) bond motifs is 1. The summed E-state index contributed by atoms with van der Waals surface area (Å²) in [5.74, 6) is 1.34. The number of nitrogens with zero attached hydrogens (tertiary/aromatic N) is 3. The molecule has 0 amide bonds. The Balaban J connectivity index is 1.83. The minimum Gasteiger partial charge on any atom is -0.508 e. The normalized spacial score (nSPS) is 15.8. The molecule has 4 nitrogen and oxygen atoms in total. The van der Waals surface area contributed by atoms with Gasteiger partial charge in [0, 0.05) is 37.1 Å². The van der Waals surface area contributed by atoms with Crippen LogP contribution in [0.4, 0.5) is 5.82 Å². The minimum atomic E-state index is 0.277. The van der Waals surface area contributed by atoms with E-state index in [1.54, 1.807) is 12.1 Å². The minimum absolute atomic E-state index is 0.277. The number of piperazine rings is 1. The molecule has 0 saturated carbocycles. The van der Waals surface area contributed by atoms with Crippen molar-refractivity contribution in [2.24, 2.45) is 0 Å². The van der Waals surface area contributed by atoms with Crippen molar-refractivity contribution < 1.29 is 5.11 Å². The van der Waals surface area contributed by atoms with Crippen LogP contribution < -0.4 is 4.90 Å². The van der Waals surface area contributed by atoms with Gasteiger partial charge in [-0.3, -0.25) is 0 Å². The molecule has 122 valence electrons. The van der Waals surface area contributed by atoms with Crippen LogP contribution in [0.2, 0.25) is 0 Å². The van der Waals surface area contributed by atoms with Crippen molar-refractivity contribution in [1.29, 1.82) is 0 Å². The monoisotopic (exact) mass is 319 g/mol. The number of anilines is 1. The molecule has 1 N–H and O–H groups in total. The molecule has 2 aromatic carbocycles. The fourth-order valence-corrected chi connectivity index (χ4v) is 3.22. The fraction of sp³-hybridized carbons (Fsp3) is 0.250. The summed E-state index contributed by atoms with van der Waals surface area (Å²) in [5, 5.41) is 11.9. The molecule has 3 aromatic rings. The third-order valence-electron chi connectivity index (χ3n) is 4.69. The van der Waals surface area contributed by atoms with Gasteiger partial charge in [-0.25, -0.2) is 4.98 Å². The number of hydrogen-bond acceptors (Lipinski definition) is 4. The quantitative estimate of drug-likeness (QED) is 0.786. The van der Waals surface area contributed by atoms with E-state index in [2.05, 4.69) is 47.2 Å². The molecule has 1 aliphatic rings. The summed E-state index contributed by atoms with van der Waals surface area (Å²) in [6.07, 6.45) is 0. The molecule has 0 aliphatic carbocycles. The van der Waals surface area contributed by atoms with E-state index in [-0.39, 0.29) is 5.75 Å². The summed E-state index contributed by atoms with van der Waals surface area (Å²) in [6, 6.07) is 17.8. The Morgan fingerprint density at radius 1 is 0.917 bits per heavy atom. The van der Waals surface area contributed by atoms with Crippen molar-refractivity contribution in [2.75, 3.05) is 38.1 Å². The van der Waals surface area contributed by atoms with Crippen LogP contribution in [0.25, 0.3) is 22.0 Å². The van der Waals surface area contributed by atoms with Gasteiger partial charge in [-0.05, 0) is 42.8 Å². The Kier molecular flexibility index (Phi) is 3.82. The predicted octanol–water partition coefficient (Wildman–Crippen LogP) is 3.36. The molecule has 1 aliphatic heterocycles. The van der Waals surface area contributed by atoms with Crippen molar-refractivity contribution in [3.8, 4) is 17.0 Å². The van der Waals surface area contributed by atoms with Crippen molar-refractivity contribution in [3.05, 3.63) is 54.6 Å². The van der Waals surface area contributed by atoms with E-state index in [9.17, 15) is 5.11 Å². The smallest absolute Gasteiger partial charge is 0.137 e. The van der Waals surface area contributed by atoms with E-state index in [0.717, 1.165) is 43.3 Å². The van der Waals surface area contributed by atoms with E-state index < -0.39 is 0 Å². The molecule has 1 aromatic heterocycles. The van der Waals surface area contributed by atoms with E-state index in [1.165, 1.54) is 10.8 Å². The second kappa shape index (κ2) is 6.13. The van der Waals surface area contributed by atoms with Crippen LogP contribution in [0.5, 0.6) is 5.75 Å². The summed E-state index contributed by atoms with van der Waals surface area (Å²) >= 11 is 0. The maximum absolute atomic E-state index is 9.53. The third-order valence-corrected chi connectivity index (χ3v) is 4.69. The van der Waals surface area contributed by atoms with Crippen molar-refractivity contribution in [2.45, 2.75) is 0 Å². The first-order valence-electron chi connectivity index (χ1n) is 8.33. The first-order chi connectivity index (χ1) is 11.7. The second-order valence-corrected chi connectivity index (χ2v) is 6.39. The van der Waals surface area contributed by atoms with Gasteiger partial charge in [0.15, 0.2) is 0 Å². The van der Waals surface area contributed by atoms with Gasteiger partial charge in [0.05, 0.1) is 5.69 Å². The molecule has 0 radical (unpaired) electrons. The molecule has 4 heteroatoms. The molecule has 0 atom stereocenters. The van der Waals surface area contributed by atoms with E-state index >= 15 is 0 Å². The molecule has 1 saturated heterocycles. The molecule has 2 heterocycles. The number of aromatic nitrogens is 1. The van der Waals surface area contributed by atoms with E-state index in [4.69, 9.17) is 4.98 Å². The van der Waals surface area contributed by atoms with Crippen LogP contribution in [0.1, 0.15) is 0 Å². The number of aromatic hydroxyl groups is 1. The van der Waals surface area contributed by atoms with Gasteiger partial charge < -0.3 is 14.9 Å². The van der Waals surface area contributed by atoms with Crippen molar-refractivity contribution in [3.63, 3.8) is 0 Å². The van der Waals surface area contributed by atoms with Crippen molar-refractivity contribution in [1.82, 2.24) is 9.88 Å². The van der Waals surface area contributed by atoms with Crippen LogP contribution in [-0.2, 0) is 0 Å². The lowest BCUT2D eigenvalue weighted by Crippen LogP contribution is -2.44. The predicted molar refractivity (Wildman–Crippen MR) is 98.6 cm³/mol. The lowest BCUT2D eigenvalue weighted by atomic mass is 10.1. The number of phenolic OH excluding ortho intramolecular Hbond substituents is 1. The Bertz CT molecular complexity index is 852. The summed E-state index contributed by atoms with van der Waals surface area (Å²) in [7, 11) is 2.16. The summed E-state index contributed by atoms with van der Waals surface area (Å²) in [6.45, 7) is 4.10. The summed E-state index contributed by atoms with van der Waals surface area (Å²) in [4.78, 5) is 9.71. The maximum atomic E-state index is 9.53. The van der Waals surface area contributed by atoms with Crippen molar-refractivity contribution >= 4 is 16.6 Å². The molecular formula is C20H21N3O. The topological polar surface area (TPSA) is 39.6 Å². The average Bonchev–Trinajstić information content (AvgIpc) is 2.62. The van der Waals surface area contributed by atoms with Crippen LogP contribution in [0.3, 0.4) is 0 Å². The zero-order valence-corrected chi connectivity index (χ0v) is 13.8. The highest BCUT2D eigenvalue weighted by molar-refractivity contribution is 5.95. The van der Waals surface area contributed by atoms with Gasteiger partial charge in [-0.2, -0.15) is 0 Å². The Labute approximate surface area is 142 Å². The number of rotatable bonds is 2. The van der Waals surface area contributed by atoms with E-state index in [1.807, 2.05) is 12.1 Å². The van der Waals surface area contributed by atoms with E-state index in [0.29, 0.717) is 0 Å². The van der Waals surface area contributed by atoms with Gasteiger partial charge in [0.2, 0.25) is 0 Å². The number of benzene rings is 2. The summed E-state index contributed by atoms with van der Waals surface area (Å²) < 4.78 is 0. The molecule has 0 bridgehead atoms. The molecule has 24 heavy (non-hydrogen) atoms. The van der Waals surface area contributed by atoms with Crippen LogP contribution in [0, 0.1) is 0 Å². The zero-order chi connectivity index (χ0) is 16.5. The van der Waals surface area contributed by atoms with Gasteiger partial charge in [0.1, 0.15) is 11.6 Å². The number of phenols is 1. The number of hydrogen-bond donors (Lipinski definition) is 1. The fourth-order valence-electron chi connectivity index (χ4n) is 3.22. The number of pyridine rings is 1. The Morgan fingerprint density at radius 3 is 2.38 bits per heavy atom. The van der Waals surface area contributed by atoms with Crippen LogP contribution in [-0.4, -0.2) is 48.2 Å². The lowest BCUT2D eigenvalue weighted by molar-refractivity contribution is 0.312. The highest BCUT2D eigenvalue weighted by atomic mass is 16.3. The highest BCUT2D eigenvalue weighted by Gasteiger charge is 2.18. The first-order valence-corrected chi connectivity index (χ1v) is 8.33. The molecule has 0 unspecified atom stereocenters. The molecular weight excluding hydrogens is 298 g/mol. The standard InChI is InChI=1S/C20H21N3O/c1-22-10-12-23(13-11-22)20-18-5-3-2-4-16(18)14-19(21-20)15-6-8-17(24)9-7-15/h2-9,14,24H,10-13H2,1H3. The Morgan fingerprint density at radius 2 is 1.62 bits per heavy atom. The lowest BCUT2D eigenvalue weighted by Gasteiger charge is -2.34. The van der Waals surface area contributed by atoms with Gasteiger partial charge in [-0.1, -0.05) is 24.3 Å². The maximum Gasteiger partial charge on any atom is 0.137 e. The highest BCUT2D eigenvalue weighted by Crippen LogP contribution is 2.31. The summed E-state index contributed by atoms with van der Waals surface area (Å²) in [5.41, 5.74) is 1.97. The average molecular weight is 319 g/mol. The second-order valence-electron chi connectivity index (χ2n) is 6.39. The largest absolute Gasteiger partial charge is 0.508 e. The molecule has 1 fully saturated rings. The molecule has 0 spiro atoms. The van der Waals surface area contributed by atoms with Gasteiger partial charge in [-0.15, -0.1) is 0 Å². The van der Waals surface area contributed by atoms with Crippen LogP contribution in [0.15, 0.2) is 54.6 Å². The SMILES string of the molecule is CN1CCN(c2nc(-c3ccc(O)cc3)cc3ccccc23)CC1. The number of likely N-dealkylation sites (N-methyl/N-ethyl adjacent to an activating group) is 1. The van der Waals surface area contributed by atoms with Gasteiger partial charge in [0.25, 0.3) is 0 Å². The zero-order valence-electron chi connectivity index (χ0n) is 13.8. The Hall–Kier alpha value is -2.59.